The van der Waals surface area contributed by atoms with E-state index >= 15 is 0 Å². The molecule has 176 valence electrons. The third kappa shape index (κ3) is 5.04. The van der Waals surface area contributed by atoms with Gasteiger partial charge in [0, 0.05) is 29.4 Å². The van der Waals surface area contributed by atoms with Crippen LogP contribution in [0.15, 0.2) is 59.3 Å². The highest BCUT2D eigenvalue weighted by Gasteiger charge is 2.41. The Balaban J connectivity index is 1.35. The number of nitrogens with zero attached hydrogens (tertiary/aromatic N) is 1. The Morgan fingerprint density at radius 2 is 1.53 bits per heavy atom. The van der Waals surface area contributed by atoms with Gasteiger partial charge in [0.2, 0.25) is 0 Å². The van der Waals surface area contributed by atoms with Crippen LogP contribution < -0.4 is 10.6 Å². The van der Waals surface area contributed by atoms with Gasteiger partial charge in [-0.05, 0) is 61.7 Å². The number of benzene rings is 2. The summed E-state index contributed by atoms with van der Waals surface area (Å²) < 4.78 is 0. The molecule has 8 heteroatoms. The summed E-state index contributed by atoms with van der Waals surface area (Å²) in [5.74, 6) is -1.11. The maximum atomic E-state index is 12.9. The number of hydrogen-bond acceptors (Lipinski definition) is 5. The zero-order chi connectivity index (χ0) is 24.2. The number of anilines is 1. The van der Waals surface area contributed by atoms with Gasteiger partial charge in [-0.3, -0.25) is 24.1 Å². The van der Waals surface area contributed by atoms with Gasteiger partial charge in [-0.25, -0.2) is 0 Å². The van der Waals surface area contributed by atoms with E-state index in [1.54, 1.807) is 48.5 Å². The zero-order valence-electron chi connectivity index (χ0n) is 18.9. The third-order valence-corrected chi connectivity index (χ3v) is 6.58. The number of imide groups is 1. The summed E-state index contributed by atoms with van der Waals surface area (Å²) in [6, 6.07) is 13.5. The molecule has 0 aromatic heterocycles. The molecule has 3 amide bonds. The molecule has 0 bridgehead atoms. The molecule has 2 N–H and O–H groups in total. The average molecular weight is 480 g/mol. The van der Waals surface area contributed by atoms with Gasteiger partial charge >= 0.3 is 0 Å². The maximum absolute atomic E-state index is 12.9. The molecule has 0 radical (unpaired) electrons. The quantitative estimate of drug-likeness (QED) is 0.453. The van der Waals surface area contributed by atoms with Crippen LogP contribution in [0.25, 0.3) is 0 Å². The minimum Gasteiger partial charge on any atom is -0.375 e. The van der Waals surface area contributed by atoms with Crippen molar-refractivity contribution in [1.82, 2.24) is 10.2 Å². The van der Waals surface area contributed by atoms with Crippen molar-refractivity contribution in [1.29, 1.82) is 0 Å². The number of ketones is 1. The Bertz CT molecular complexity index is 1150. The molecular weight excluding hydrogens is 454 g/mol. The van der Waals surface area contributed by atoms with Crippen LogP contribution in [0.5, 0.6) is 0 Å². The summed E-state index contributed by atoms with van der Waals surface area (Å²) in [5, 5.41) is 5.73. The minimum atomic E-state index is -0.426. The van der Waals surface area contributed by atoms with Crippen molar-refractivity contribution in [2.45, 2.75) is 51.6 Å². The summed E-state index contributed by atoms with van der Waals surface area (Å²) in [4.78, 5) is 50.6. The van der Waals surface area contributed by atoms with Crippen LogP contribution in [0.3, 0.4) is 0 Å². The van der Waals surface area contributed by atoms with Gasteiger partial charge in [-0.1, -0.05) is 43.0 Å². The van der Waals surface area contributed by atoms with E-state index in [0.717, 1.165) is 37.7 Å². The lowest BCUT2D eigenvalue weighted by molar-refractivity contribution is -0.140. The fraction of sp³-hybridized carbons (Fsp3) is 0.308. The average Bonchev–Trinajstić information content (AvgIpc) is 3.06. The summed E-state index contributed by atoms with van der Waals surface area (Å²) in [6.45, 7) is 1.78. The first-order valence-corrected chi connectivity index (χ1v) is 11.8. The minimum absolute atomic E-state index is 0.0375. The molecule has 2 aromatic carbocycles. The number of carbonyl (C=O) groups excluding carboxylic acids is 4. The van der Waals surface area contributed by atoms with Gasteiger partial charge in [0.1, 0.15) is 10.7 Å². The number of halogens is 1. The van der Waals surface area contributed by atoms with E-state index in [4.69, 9.17) is 11.6 Å². The Morgan fingerprint density at radius 3 is 2.15 bits per heavy atom. The molecule has 1 fully saturated rings. The molecule has 1 saturated carbocycles. The molecular formula is C26H26ClN3O4. The van der Waals surface area contributed by atoms with Crippen molar-refractivity contribution in [3.05, 3.63) is 76.0 Å². The molecule has 2 aliphatic rings. The lowest BCUT2D eigenvalue weighted by Crippen LogP contribution is -2.43. The van der Waals surface area contributed by atoms with E-state index in [9.17, 15) is 19.2 Å². The molecule has 0 saturated heterocycles. The van der Waals surface area contributed by atoms with Crippen LogP contribution in [-0.2, 0) is 16.1 Å². The molecule has 2 aromatic rings. The second kappa shape index (κ2) is 10.2. The van der Waals surface area contributed by atoms with E-state index in [-0.39, 0.29) is 40.9 Å². The van der Waals surface area contributed by atoms with Crippen LogP contribution in [0, 0.1) is 0 Å². The van der Waals surface area contributed by atoms with Crippen molar-refractivity contribution in [2.24, 2.45) is 0 Å². The van der Waals surface area contributed by atoms with Crippen LogP contribution in [0.2, 0.25) is 0 Å². The molecule has 1 aliphatic heterocycles. The second-order valence-electron chi connectivity index (χ2n) is 8.60. The summed E-state index contributed by atoms with van der Waals surface area (Å²) in [7, 11) is 0. The molecule has 34 heavy (non-hydrogen) atoms. The highest BCUT2D eigenvalue weighted by atomic mass is 35.5. The molecule has 0 atom stereocenters. The largest absolute Gasteiger partial charge is 0.375 e. The lowest BCUT2D eigenvalue weighted by Gasteiger charge is -2.29. The van der Waals surface area contributed by atoms with E-state index < -0.39 is 5.91 Å². The molecule has 7 nitrogen and oxygen atoms in total. The monoisotopic (exact) mass is 479 g/mol. The Kier molecular flexibility index (Phi) is 7.12. The number of hydrogen-bond donors (Lipinski definition) is 2. The summed E-state index contributed by atoms with van der Waals surface area (Å²) in [6.07, 6.45) is 4.77. The molecule has 1 heterocycles. The lowest BCUT2D eigenvalue weighted by atomic mass is 9.94. The highest BCUT2D eigenvalue weighted by molar-refractivity contribution is 6.47. The zero-order valence-corrected chi connectivity index (χ0v) is 19.7. The van der Waals surface area contributed by atoms with Gasteiger partial charge in [0.05, 0.1) is 0 Å². The number of rotatable bonds is 7. The number of carbonyl (C=O) groups is 4. The number of Topliss-reactive ketones (excluding diaryl/α,β-unsaturated/α-hetero) is 1. The Hall–Kier alpha value is -3.45. The van der Waals surface area contributed by atoms with Gasteiger partial charge in [0.25, 0.3) is 17.7 Å². The second-order valence-corrected chi connectivity index (χ2v) is 8.98. The molecule has 0 unspecified atom stereocenters. The van der Waals surface area contributed by atoms with Gasteiger partial charge in [-0.2, -0.15) is 0 Å². The van der Waals surface area contributed by atoms with Gasteiger partial charge in [-0.15, -0.1) is 0 Å². The van der Waals surface area contributed by atoms with Crippen molar-refractivity contribution < 1.29 is 19.2 Å². The summed E-state index contributed by atoms with van der Waals surface area (Å²) in [5.41, 5.74) is 2.60. The first-order valence-electron chi connectivity index (χ1n) is 11.4. The first-order chi connectivity index (χ1) is 16.3. The standard InChI is InChI=1S/C26H26ClN3O4/c1-16(31)18-11-13-20(14-12-18)29-24(32)19-9-7-17(8-10-19)15-28-23-22(27)25(33)30(26(23)34)21-5-3-2-4-6-21/h7-14,21,28H,2-6,15H2,1H3,(H,29,32). The Labute approximate surface area is 203 Å². The van der Waals surface area contributed by atoms with E-state index in [1.807, 2.05) is 0 Å². The topological polar surface area (TPSA) is 95.6 Å². The molecule has 0 spiro atoms. The van der Waals surface area contributed by atoms with E-state index in [2.05, 4.69) is 10.6 Å². The summed E-state index contributed by atoms with van der Waals surface area (Å²) >= 11 is 6.21. The first kappa shape index (κ1) is 23.7. The van der Waals surface area contributed by atoms with Crippen molar-refractivity contribution >= 4 is 40.8 Å². The molecule has 4 rings (SSSR count). The van der Waals surface area contributed by atoms with Gasteiger partial charge < -0.3 is 10.6 Å². The predicted octanol–water partition coefficient (Wildman–Crippen LogP) is 4.38. The predicted molar refractivity (Wildman–Crippen MR) is 129 cm³/mol. The highest BCUT2D eigenvalue weighted by Crippen LogP contribution is 2.30. The SMILES string of the molecule is CC(=O)c1ccc(NC(=O)c2ccc(CNC3=C(Cl)C(=O)N(C4CCCCC4)C3=O)cc2)cc1. The number of nitrogens with one attached hydrogen (secondary N) is 2. The van der Waals surface area contributed by atoms with E-state index in [1.165, 1.54) is 11.8 Å². The maximum Gasteiger partial charge on any atom is 0.278 e. The van der Waals surface area contributed by atoms with Crippen LogP contribution in [0.4, 0.5) is 5.69 Å². The van der Waals surface area contributed by atoms with Crippen LogP contribution >= 0.6 is 11.6 Å². The van der Waals surface area contributed by atoms with Crippen molar-refractivity contribution in [2.75, 3.05) is 5.32 Å². The fourth-order valence-electron chi connectivity index (χ4n) is 4.30. The Morgan fingerprint density at radius 1 is 0.912 bits per heavy atom. The fourth-order valence-corrected chi connectivity index (χ4v) is 4.54. The molecule has 1 aliphatic carbocycles. The third-order valence-electron chi connectivity index (χ3n) is 6.23. The van der Waals surface area contributed by atoms with Crippen molar-refractivity contribution in [3.63, 3.8) is 0 Å². The van der Waals surface area contributed by atoms with E-state index in [0.29, 0.717) is 16.8 Å². The van der Waals surface area contributed by atoms with Gasteiger partial charge in [0.15, 0.2) is 5.78 Å². The number of amides is 3. The van der Waals surface area contributed by atoms with Crippen LogP contribution in [0.1, 0.15) is 65.3 Å². The van der Waals surface area contributed by atoms with Crippen LogP contribution in [-0.4, -0.2) is 34.4 Å². The normalized spacial score (nSPS) is 16.7. The smallest absolute Gasteiger partial charge is 0.278 e. The van der Waals surface area contributed by atoms with Crippen molar-refractivity contribution in [3.8, 4) is 0 Å².